The second-order valence-electron chi connectivity index (χ2n) is 23.4. The largest absolute Gasteiger partial charge is 0.507 e. The molecule has 5 saturated heterocycles. The number of thiazole rings is 1. The van der Waals surface area contributed by atoms with Gasteiger partial charge in [-0.3, -0.25) is 14.5 Å². The lowest BCUT2D eigenvalue weighted by atomic mass is 9.86. The van der Waals surface area contributed by atoms with Crippen LogP contribution in [0.4, 0.5) is 17.3 Å². The number of aromatic nitrogens is 4. The molecule has 2 amide bonds. The topological polar surface area (TPSA) is 212 Å². The number of aryl methyl sites for hydroxylation is 1. The highest BCUT2D eigenvalue weighted by atomic mass is 32.1. The zero-order chi connectivity index (χ0) is 54.0. The number of hydrogen-bond donors (Lipinski definition) is 4. The number of nitrogens with zero attached hydrogens (tertiary/aromatic N) is 9. The van der Waals surface area contributed by atoms with Gasteiger partial charge in [-0.15, -0.1) is 21.5 Å². The molecule has 1 saturated carbocycles. The van der Waals surface area contributed by atoms with E-state index in [1.165, 1.54) is 0 Å². The Hall–Kier alpha value is -5.70. The molecule has 5 aromatic rings. The minimum Gasteiger partial charge on any atom is -0.507 e. The lowest BCUT2D eigenvalue weighted by Crippen LogP contribution is -2.53. The SMILES string of the molecule is Cc1ncsc1-c1ccc([C@H](C)NC(=O)[C@@H]2C[C@@H](O)CN2C(=O)[C@@H](c2cc(N3CCC(CN4CCC(OC5CC(N6CCC(O[C@H]7CCN(c8cc(-c9ccccc9O)nnc8N)C7)CC6)C5)CC4)CC3)no2)C(C)C)cc1. The van der Waals surface area contributed by atoms with Gasteiger partial charge in [-0.05, 0) is 113 Å². The maximum atomic E-state index is 14.4. The lowest BCUT2D eigenvalue weighted by Gasteiger charge is -2.47. The number of piperidine rings is 3. The molecule has 5 N–H and O–H groups in total. The van der Waals surface area contributed by atoms with Gasteiger partial charge < -0.3 is 54.9 Å². The van der Waals surface area contributed by atoms with Crippen molar-refractivity contribution in [1.82, 2.24) is 40.4 Å². The number of para-hydroxylation sites is 1. The van der Waals surface area contributed by atoms with Crippen molar-refractivity contribution in [3.8, 4) is 27.4 Å². The van der Waals surface area contributed by atoms with Crippen LogP contribution in [0.5, 0.6) is 5.75 Å². The van der Waals surface area contributed by atoms with Crippen LogP contribution in [-0.2, 0) is 19.1 Å². The van der Waals surface area contributed by atoms with E-state index in [9.17, 15) is 19.8 Å². The molecule has 6 aliphatic rings. The Bertz CT molecular complexity index is 2820. The number of phenolic OH excluding ortho intramolecular Hbond substituents is 1. The molecule has 5 aliphatic heterocycles. The molecule has 11 rings (SSSR count). The van der Waals surface area contributed by atoms with Crippen LogP contribution < -0.4 is 20.9 Å². The Labute approximate surface area is 462 Å². The van der Waals surface area contributed by atoms with Crippen molar-refractivity contribution in [3.63, 3.8) is 0 Å². The van der Waals surface area contributed by atoms with Crippen molar-refractivity contribution >= 4 is 40.5 Å². The smallest absolute Gasteiger partial charge is 0.243 e. The van der Waals surface area contributed by atoms with Gasteiger partial charge in [0.15, 0.2) is 17.4 Å². The number of nitrogens with two attached hydrogens (primary N) is 1. The predicted molar refractivity (Wildman–Crippen MR) is 301 cm³/mol. The van der Waals surface area contributed by atoms with Crippen LogP contribution in [0.2, 0.25) is 0 Å². The molecule has 1 aliphatic carbocycles. The molecule has 2 aromatic carbocycles. The fourth-order valence-corrected chi connectivity index (χ4v) is 13.8. The first-order valence-electron chi connectivity index (χ1n) is 28.7. The van der Waals surface area contributed by atoms with E-state index in [1.807, 2.05) is 81.7 Å². The van der Waals surface area contributed by atoms with Gasteiger partial charge in [-0.25, -0.2) is 4.98 Å². The third-order valence-electron chi connectivity index (χ3n) is 17.7. The van der Waals surface area contributed by atoms with E-state index in [1.54, 1.807) is 28.4 Å². The number of ether oxygens (including phenoxy) is 2. The molecular formula is C59H79N11O7S. The maximum Gasteiger partial charge on any atom is 0.243 e. The van der Waals surface area contributed by atoms with Gasteiger partial charge in [0.25, 0.3) is 0 Å². The summed E-state index contributed by atoms with van der Waals surface area (Å²) in [6.45, 7) is 16.8. The van der Waals surface area contributed by atoms with E-state index < -0.39 is 18.1 Å². The number of aliphatic hydroxyl groups excluding tert-OH is 1. The summed E-state index contributed by atoms with van der Waals surface area (Å²) in [4.78, 5) is 45.1. The molecule has 0 radical (unpaired) electrons. The summed E-state index contributed by atoms with van der Waals surface area (Å²) in [7, 11) is 0. The number of anilines is 3. The van der Waals surface area contributed by atoms with Crippen molar-refractivity contribution < 1.29 is 33.8 Å². The van der Waals surface area contributed by atoms with Gasteiger partial charge in [-0.2, -0.15) is 0 Å². The average molecular weight is 1090 g/mol. The fraction of sp³-hybridized carbons (Fsp3) is 0.593. The number of benzene rings is 2. The van der Waals surface area contributed by atoms with E-state index >= 15 is 0 Å². The first-order valence-corrected chi connectivity index (χ1v) is 29.6. The molecule has 0 spiro atoms. The Morgan fingerprint density at radius 2 is 1.51 bits per heavy atom. The standard InChI is InChI=1S/C59H79N11O7S/c1-36(2)55(59(74)70-33-43(71)29-51(70)58(73)62-37(3)40-9-11-41(12-10-40)56-38(4)61-35-78-56)53-31-54(65-77-53)68-22-13-39(14-23-68)32-66-20-15-44(16-21-66)76-47-27-42(28-47)67-24-17-45(18-25-67)75-46-19-26-69(34-46)50-30-49(63-64-57(50)60)48-7-5-6-8-52(48)72/h5-12,30-31,35-37,39,42-47,51,55,71-72H,13-29,32-34H2,1-4H3,(H2,60,64)(H,62,73)/t37-,42?,43+,46-,47?,51-,55+/m0/s1. The molecule has 8 heterocycles. The van der Waals surface area contributed by atoms with Gasteiger partial charge in [0.1, 0.15) is 17.7 Å². The number of likely N-dealkylation sites (tertiary alicyclic amines) is 3. The quantitative estimate of drug-likeness (QED) is 0.0714. The molecule has 18 nitrogen and oxygen atoms in total. The minimum absolute atomic E-state index is 0.0916. The summed E-state index contributed by atoms with van der Waals surface area (Å²) in [5, 5.41) is 37.2. The number of phenols is 1. The van der Waals surface area contributed by atoms with E-state index in [-0.39, 0.29) is 54.7 Å². The lowest BCUT2D eigenvalue weighted by molar-refractivity contribution is -0.141. The zero-order valence-corrected chi connectivity index (χ0v) is 46.6. The third-order valence-corrected chi connectivity index (χ3v) is 18.7. The number of carbonyl (C=O) groups excluding carboxylic acids is 2. The van der Waals surface area contributed by atoms with E-state index in [4.69, 9.17) is 19.7 Å². The maximum absolute atomic E-state index is 14.4. The fourth-order valence-electron chi connectivity index (χ4n) is 13.0. The van der Waals surface area contributed by atoms with Crippen molar-refractivity contribution in [2.75, 3.05) is 81.0 Å². The van der Waals surface area contributed by atoms with Gasteiger partial charge in [0, 0.05) is 89.5 Å². The molecule has 0 bridgehead atoms. The number of aliphatic hydroxyl groups is 1. The summed E-state index contributed by atoms with van der Waals surface area (Å²) in [6, 6.07) is 18.6. The highest BCUT2D eigenvalue weighted by Gasteiger charge is 2.44. The average Bonchev–Trinajstić information content (AvgIpc) is 4.31. The first-order chi connectivity index (χ1) is 37.8. The second kappa shape index (κ2) is 23.9. The minimum atomic E-state index is -0.796. The molecule has 0 unspecified atom stereocenters. The van der Waals surface area contributed by atoms with Crippen LogP contribution in [0.15, 0.2) is 70.7 Å². The number of nitrogen functional groups attached to an aromatic ring is 1. The number of rotatable bonds is 17. The number of carbonyl (C=O) groups is 2. The Balaban J connectivity index is 0.573. The van der Waals surface area contributed by atoms with Crippen molar-refractivity contribution in [2.45, 2.75) is 146 Å². The number of aromatic hydroxyl groups is 1. The number of nitrogens with one attached hydrogen (secondary N) is 1. The van der Waals surface area contributed by atoms with Crippen molar-refractivity contribution in [1.29, 1.82) is 0 Å². The molecule has 5 atom stereocenters. The zero-order valence-electron chi connectivity index (χ0n) is 45.8. The highest BCUT2D eigenvalue weighted by molar-refractivity contribution is 7.13. The molecule has 418 valence electrons. The van der Waals surface area contributed by atoms with E-state index in [2.05, 4.69) is 45.3 Å². The molecule has 3 aromatic heterocycles. The summed E-state index contributed by atoms with van der Waals surface area (Å²) in [5.74, 6) is 1.15. The van der Waals surface area contributed by atoms with Gasteiger partial charge in [0.05, 0.1) is 64.0 Å². The van der Waals surface area contributed by atoms with Gasteiger partial charge in [0.2, 0.25) is 11.8 Å². The van der Waals surface area contributed by atoms with Crippen LogP contribution in [-0.4, -0.2) is 165 Å². The van der Waals surface area contributed by atoms with Crippen LogP contribution in [0.3, 0.4) is 0 Å². The Morgan fingerprint density at radius 3 is 2.22 bits per heavy atom. The Kier molecular flexibility index (Phi) is 16.7. The van der Waals surface area contributed by atoms with Crippen LogP contribution in [0.1, 0.15) is 114 Å². The monoisotopic (exact) mass is 1090 g/mol. The first kappa shape index (κ1) is 54.3. The third kappa shape index (κ3) is 12.2. The number of β-amino-alcohol motifs (C(OH)–C–C–N with tert-alkyl or cyclic N) is 1. The molecule has 6 fully saturated rings. The summed E-state index contributed by atoms with van der Waals surface area (Å²) in [5.41, 5.74) is 13.3. The summed E-state index contributed by atoms with van der Waals surface area (Å²) >= 11 is 1.60. The molecule has 78 heavy (non-hydrogen) atoms. The van der Waals surface area contributed by atoms with Crippen LogP contribution >= 0.6 is 11.3 Å². The van der Waals surface area contributed by atoms with Crippen LogP contribution in [0, 0.1) is 18.8 Å². The summed E-state index contributed by atoms with van der Waals surface area (Å²) in [6.07, 6.45) is 10.1. The highest BCUT2D eigenvalue weighted by Crippen LogP contribution is 2.38. The van der Waals surface area contributed by atoms with E-state index in [0.717, 1.165) is 150 Å². The second-order valence-corrected chi connectivity index (χ2v) is 24.2. The molecule has 19 heteroatoms. The van der Waals surface area contributed by atoms with Gasteiger partial charge in [-0.1, -0.05) is 55.4 Å². The molecular weight excluding hydrogens is 1010 g/mol. The normalized spacial score (nSPS) is 24.9. The van der Waals surface area contributed by atoms with E-state index in [0.29, 0.717) is 47.0 Å². The number of amides is 2. The summed E-state index contributed by atoms with van der Waals surface area (Å²) < 4.78 is 19.3. The van der Waals surface area contributed by atoms with Gasteiger partial charge >= 0.3 is 0 Å². The predicted octanol–water partition coefficient (Wildman–Crippen LogP) is 7.42. The number of hydrogen-bond acceptors (Lipinski definition) is 17. The Morgan fingerprint density at radius 1 is 0.821 bits per heavy atom. The van der Waals surface area contributed by atoms with Crippen molar-refractivity contribution in [3.05, 3.63) is 83.2 Å². The van der Waals surface area contributed by atoms with Crippen LogP contribution in [0.25, 0.3) is 21.7 Å². The van der Waals surface area contributed by atoms with Crippen molar-refractivity contribution in [2.24, 2.45) is 11.8 Å².